The van der Waals surface area contributed by atoms with Crippen molar-refractivity contribution in [1.82, 2.24) is 5.32 Å². The van der Waals surface area contributed by atoms with Crippen LogP contribution in [0.2, 0.25) is 0 Å². The largest absolute Gasteiger partial charge is 0.493 e. The molecule has 1 amide bonds. The molecule has 0 saturated heterocycles. The Hall–Kier alpha value is -2.72. The summed E-state index contributed by atoms with van der Waals surface area (Å²) in [7, 11) is 1.53. The number of benzene rings is 1. The summed E-state index contributed by atoms with van der Waals surface area (Å²) in [4.78, 5) is 12.2. The molecule has 0 saturated carbocycles. The molecule has 0 aliphatic heterocycles. The van der Waals surface area contributed by atoms with Gasteiger partial charge in [-0.05, 0) is 58.8 Å². The quantitative estimate of drug-likeness (QED) is 0.561. The highest BCUT2D eigenvalue weighted by molar-refractivity contribution is 9.10. The van der Waals surface area contributed by atoms with Gasteiger partial charge >= 0.3 is 0 Å². The first-order valence-electron chi connectivity index (χ1n) is 7.51. The van der Waals surface area contributed by atoms with Crippen molar-refractivity contribution in [2.75, 3.05) is 13.7 Å². The Bertz CT molecular complexity index is 807. The number of hydrogen-bond donors (Lipinski definition) is 1. The van der Waals surface area contributed by atoms with Gasteiger partial charge in [-0.25, -0.2) is 0 Å². The van der Waals surface area contributed by atoms with Gasteiger partial charge in [0, 0.05) is 0 Å². The van der Waals surface area contributed by atoms with Gasteiger partial charge in [-0.15, -0.1) is 0 Å². The number of carbonyl (C=O) groups is 1. The molecule has 0 radical (unpaired) electrons. The van der Waals surface area contributed by atoms with E-state index in [1.54, 1.807) is 24.3 Å². The van der Waals surface area contributed by atoms with Crippen molar-refractivity contribution in [3.63, 3.8) is 0 Å². The first-order valence-corrected chi connectivity index (χ1v) is 8.31. The van der Waals surface area contributed by atoms with E-state index in [4.69, 9.17) is 13.9 Å². The molecule has 0 bridgehead atoms. The van der Waals surface area contributed by atoms with Crippen LogP contribution < -0.4 is 14.8 Å². The van der Waals surface area contributed by atoms with E-state index in [0.29, 0.717) is 33.9 Å². The van der Waals surface area contributed by atoms with E-state index in [1.165, 1.54) is 19.4 Å². The number of rotatable bonds is 7. The van der Waals surface area contributed by atoms with Gasteiger partial charge in [0.2, 0.25) is 0 Å². The van der Waals surface area contributed by atoms with Crippen LogP contribution in [-0.2, 0) is 11.3 Å². The molecule has 130 valence electrons. The lowest BCUT2D eigenvalue weighted by atomic mass is 10.1. The second-order valence-electron chi connectivity index (χ2n) is 4.90. The third-order valence-corrected chi connectivity index (χ3v) is 3.81. The molecule has 7 heteroatoms. The lowest BCUT2D eigenvalue weighted by Crippen LogP contribution is -2.23. The van der Waals surface area contributed by atoms with E-state index in [-0.39, 0.29) is 12.1 Å². The lowest BCUT2D eigenvalue weighted by molar-refractivity contribution is -0.117. The Morgan fingerprint density at radius 3 is 2.88 bits per heavy atom. The summed E-state index contributed by atoms with van der Waals surface area (Å²) in [6, 6.07) is 8.83. The van der Waals surface area contributed by atoms with E-state index in [1.807, 2.05) is 13.0 Å². The van der Waals surface area contributed by atoms with Gasteiger partial charge in [0.25, 0.3) is 5.91 Å². The maximum Gasteiger partial charge on any atom is 0.262 e. The van der Waals surface area contributed by atoms with Crippen molar-refractivity contribution >= 4 is 27.9 Å². The SMILES string of the molecule is CCOc1c(Br)cc(/C=C(\C#N)C(=O)NCc2ccco2)cc1OC. The molecule has 1 N–H and O–H groups in total. The predicted molar refractivity (Wildman–Crippen MR) is 96.0 cm³/mol. The standard InChI is InChI=1S/C18H17BrN2O4/c1-3-24-17-15(19)8-12(9-16(17)23-2)7-13(10-20)18(22)21-11-14-5-4-6-25-14/h4-9H,3,11H2,1-2H3,(H,21,22)/b13-7+. The summed E-state index contributed by atoms with van der Waals surface area (Å²) in [6.45, 7) is 2.57. The summed E-state index contributed by atoms with van der Waals surface area (Å²) in [5.41, 5.74) is 0.613. The summed E-state index contributed by atoms with van der Waals surface area (Å²) in [5, 5.41) is 11.9. The molecule has 0 aliphatic rings. The van der Waals surface area contributed by atoms with E-state index >= 15 is 0 Å². The maximum atomic E-state index is 12.2. The highest BCUT2D eigenvalue weighted by atomic mass is 79.9. The molecule has 0 atom stereocenters. The number of furan rings is 1. The van der Waals surface area contributed by atoms with Crippen molar-refractivity contribution < 1.29 is 18.7 Å². The first kappa shape index (κ1) is 18.6. The van der Waals surface area contributed by atoms with Gasteiger partial charge in [-0.3, -0.25) is 4.79 Å². The highest BCUT2D eigenvalue weighted by Gasteiger charge is 2.13. The number of amides is 1. The molecule has 0 spiro atoms. The first-order chi connectivity index (χ1) is 12.1. The number of nitriles is 1. The average Bonchev–Trinajstić information content (AvgIpc) is 3.13. The normalized spacial score (nSPS) is 10.9. The van der Waals surface area contributed by atoms with Gasteiger partial charge < -0.3 is 19.2 Å². The zero-order chi connectivity index (χ0) is 18.2. The molecule has 1 aromatic carbocycles. The van der Waals surface area contributed by atoms with Crippen molar-refractivity contribution in [3.05, 3.63) is 51.9 Å². The molecule has 0 unspecified atom stereocenters. The van der Waals surface area contributed by atoms with Crippen LogP contribution in [0.1, 0.15) is 18.2 Å². The summed E-state index contributed by atoms with van der Waals surface area (Å²) in [5.74, 6) is 1.21. The van der Waals surface area contributed by atoms with E-state index in [9.17, 15) is 10.1 Å². The van der Waals surface area contributed by atoms with Crippen molar-refractivity contribution in [3.8, 4) is 17.6 Å². The Labute approximate surface area is 154 Å². The topological polar surface area (TPSA) is 84.5 Å². The molecule has 0 fully saturated rings. The monoisotopic (exact) mass is 404 g/mol. The summed E-state index contributed by atoms with van der Waals surface area (Å²) >= 11 is 3.42. The van der Waals surface area contributed by atoms with Crippen LogP contribution >= 0.6 is 15.9 Å². The van der Waals surface area contributed by atoms with Gasteiger partial charge in [-0.2, -0.15) is 5.26 Å². The average molecular weight is 405 g/mol. The highest BCUT2D eigenvalue weighted by Crippen LogP contribution is 2.37. The fraction of sp³-hybridized carbons (Fsp3) is 0.222. The van der Waals surface area contributed by atoms with Gasteiger partial charge in [-0.1, -0.05) is 0 Å². The maximum absolute atomic E-state index is 12.2. The molecule has 2 rings (SSSR count). The Kier molecular flexibility index (Phi) is 6.66. The van der Waals surface area contributed by atoms with Gasteiger partial charge in [0.05, 0.1) is 31.0 Å². The van der Waals surface area contributed by atoms with Crippen LogP contribution in [0.3, 0.4) is 0 Å². The van der Waals surface area contributed by atoms with Crippen LogP contribution in [0.5, 0.6) is 11.5 Å². The van der Waals surface area contributed by atoms with Crippen molar-refractivity contribution in [1.29, 1.82) is 5.26 Å². The van der Waals surface area contributed by atoms with Crippen molar-refractivity contribution in [2.45, 2.75) is 13.5 Å². The van der Waals surface area contributed by atoms with Crippen LogP contribution in [0, 0.1) is 11.3 Å². The molecular formula is C18H17BrN2O4. The van der Waals surface area contributed by atoms with Gasteiger partial charge in [0.1, 0.15) is 17.4 Å². The van der Waals surface area contributed by atoms with Crippen molar-refractivity contribution in [2.24, 2.45) is 0 Å². The lowest BCUT2D eigenvalue weighted by Gasteiger charge is -2.12. The second-order valence-corrected chi connectivity index (χ2v) is 5.75. The third-order valence-electron chi connectivity index (χ3n) is 3.22. The number of carbonyl (C=O) groups excluding carboxylic acids is 1. The zero-order valence-electron chi connectivity index (χ0n) is 13.8. The number of ether oxygens (including phenoxy) is 2. The fourth-order valence-electron chi connectivity index (χ4n) is 2.10. The van der Waals surface area contributed by atoms with Crippen LogP contribution in [-0.4, -0.2) is 19.6 Å². The van der Waals surface area contributed by atoms with Crippen LogP contribution in [0.15, 0.2) is 45.0 Å². The fourth-order valence-corrected chi connectivity index (χ4v) is 2.67. The summed E-state index contributed by atoms with van der Waals surface area (Å²) in [6.07, 6.45) is 3.01. The molecular weight excluding hydrogens is 388 g/mol. The molecule has 6 nitrogen and oxygen atoms in total. The van der Waals surface area contributed by atoms with E-state index in [0.717, 1.165) is 0 Å². The van der Waals surface area contributed by atoms with Gasteiger partial charge in [0.15, 0.2) is 11.5 Å². The Morgan fingerprint density at radius 2 is 2.28 bits per heavy atom. The van der Waals surface area contributed by atoms with Crippen LogP contribution in [0.4, 0.5) is 0 Å². The minimum absolute atomic E-state index is 0.0235. The molecule has 1 heterocycles. The Morgan fingerprint density at radius 1 is 1.48 bits per heavy atom. The number of halogens is 1. The predicted octanol–water partition coefficient (Wildman–Crippen LogP) is 3.67. The number of hydrogen-bond acceptors (Lipinski definition) is 5. The zero-order valence-corrected chi connectivity index (χ0v) is 15.4. The summed E-state index contributed by atoms with van der Waals surface area (Å²) < 4.78 is 16.7. The minimum atomic E-state index is -0.483. The molecule has 25 heavy (non-hydrogen) atoms. The smallest absolute Gasteiger partial charge is 0.262 e. The molecule has 1 aromatic heterocycles. The molecule has 2 aromatic rings. The van der Waals surface area contributed by atoms with Crippen LogP contribution in [0.25, 0.3) is 6.08 Å². The number of nitrogens with zero attached hydrogens (tertiary/aromatic N) is 1. The molecule has 0 aliphatic carbocycles. The number of nitrogens with one attached hydrogen (secondary N) is 1. The number of methoxy groups -OCH3 is 1. The van der Waals surface area contributed by atoms with E-state index in [2.05, 4.69) is 21.2 Å². The minimum Gasteiger partial charge on any atom is -0.493 e. The Balaban J connectivity index is 2.22. The van der Waals surface area contributed by atoms with E-state index < -0.39 is 5.91 Å². The third kappa shape index (κ3) is 4.88. The second kappa shape index (κ2) is 8.94.